The lowest BCUT2D eigenvalue weighted by molar-refractivity contribution is 0.0740. The lowest BCUT2D eigenvalue weighted by Gasteiger charge is -2.35. The summed E-state index contributed by atoms with van der Waals surface area (Å²) in [6, 6.07) is 9.67. The molecule has 1 amide bonds. The molecule has 138 valence electrons. The molecule has 0 bridgehead atoms. The van der Waals surface area contributed by atoms with Gasteiger partial charge in [-0.05, 0) is 36.6 Å². The number of piperazine rings is 1. The molecule has 1 saturated heterocycles. The number of nitrogens with zero attached hydrogens (tertiary/aromatic N) is 4. The molecule has 0 unspecified atom stereocenters. The molecule has 1 aliphatic heterocycles. The summed E-state index contributed by atoms with van der Waals surface area (Å²) in [6.45, 7) is 8.24. The van der Waals surface area contributed by atoms with Crippen LogP contribution in [-0.2, 0) is 0 Å². The second kappa shape index (κ2) is 8.65. The van der Waals surface area contributed by atoms with E-state index in [1.165, 1.54) is 0 Å². The van der Waals surface area contributed by atoms with Crippen molar-refractivity contribution in [1.82, 2.24) is 14.9 Å². The Morgan fingerprint density at radius 2 is 1.92 bits per heavy atom. The largest absolute Gasteiger partial charge is 0.385 e. The van der Waals surface area contributed by atoms with Gasteiger partial charge in [0.1, 0.15) is 11.5 Å². The molecule has 0 atom stereocenters. The highest BCUT2D eigenvalue weighted by molar-refractivity contribution is 5.93. The number of pyridine rings is 2. The Morgan fingerprint density at radius 3 is 2.62 bits per heavy atom. The molecule has 1 N–H and O–H groups in total. The van der Waals surface area contributed by atoms with Crippen LogP contribution in [0.25, 0.3) is 0 Å². The molecular weight excluding hydrogens is 326 g/mol. The molecule has 6 heteroatoms. The van der Waals surface area contributed by atoms with Crippen LogP contribution in [0.2, 0.25) is 0 Å². The Morgan fingerprint density at radius 1 is 1.12 bits per heavy atom. The van der Waals surface area contributed by atoms with Crippen molar-refractivity contribution in [3.63, 3.8) is 0 Å². The molecule has 0 spiro atoms. The van der Waals surface area contributed by atoms with Gasteiger partial charge in [-0.3, -0.25) is 9.78 Å². The standard InChI is InChI=1S/C20H27N5O/c1-16(2)6-9-21-17-7-10-22-18(15-17)20(26)25-13-11-24(12-14-25)19-5-3-4-8-23-19/h3-5,7-8,10,15-16H,6,9,11-14H2,1-2H3,(H,21,22). The third-order valence-corrected chi connectivity index (χ3v) is 4.57. The predicted molar refractivity (Wildman–Crippen MR) is 105 cm³/mol. The number of aromatic nitrogens is 2. The Bertz CT molecular complexity index is 711. The fraction of sp³-hybridized carbons (Fsp3) is 0.450. The van der Waals surface area contributed by atoms with E-state index < -0.39 is 0 Å². The molecule has 3 rings (SSSR count). The molecular formula is C20H27N5O. The van der Waals surface area contributed by atoms with Crippen molar-refractivity contribution in [2.24, 2.45) is 5.92 Å². The minimum atomic E-state index is -0.00168. The highest BCUT2D eigenvalue weighted by Gasteiger charge is 2.23. The van der Waals surface area contributed by atoms with Crippen LogP contribution in [0.5, 0.6) is 0 Å². The summed E-state index contributed by atoms with van der Waals surface area (Å²) in [5, 5.41) is 3.38. The summed E-state index contributed by atoms with van der Waals surface area (Å²) in [6.07, 6.45) is 4.60. The maximum atomic E-state index is 12.8. The van der Waals surface area contributed by atoms with Crippen LogP contribution in [-0.4, -0.2) is 53.5 Å². The molecule has 3 heterocycles. The maximum Gasteiger partial charge on any atom is 0.272 e. The van der Waals surface area contributed by atoms with Crippen LogP contribution < -0.4 is 10.2 Å². The van der Waals surface area contributed by atoms with Crippen molar-refractivity contribution in [2.75, 3.05) is 42.9 Å². The second-order valence-electron chi connectivity index (χ2n) is 7.01. The molecule has 0 aromatic carbocycles. The van der Waals surface area contributed by atoms with Gasteiger partial charge in [0.25, 0.3) is 5.91 Å². The van der Waals surface area contributed by atoms with Gasteiger partial charge in [0, 0.05) is 50.8 Å². The van der Waals surface area contributed by atoms with Gasteiger partial charge in [0.15, 0.2) is 0 Å². The van der Waals surface area contributed by atoms with E-state index >= 15 is 0 Å². The first-order valence-electron chi connectivity index (χ1n) is 9.28. The van der Waals surface area contributed by atoms with Crippen LogP contribution in [0.4, 0.5) is 11.5 Å². The number of hydrogen-bond donors (Lipinski definition) is 1. The smallest absolute Gasteiger partial charge is 0.272 e. The van der Waals surface area contributed by atoms with Crippen LogP contribution in [0.3, 0.4) is 0 Å². The van der Waals surface area contributed by atoms with E-state index in [0.29, 0.717) is 24.7 Å². The van der Waals surface area contributed by atoms with E-state index in [0.717, 1.165) is 37.6 Å². The van der Waals surface area contributed by atoms with Crippen LogP contribution >= 0.6 is 0 Å². The summed E-state index contributed by atoms with van der Waals surface area (Å²) in [5.74, 6) is 1.62. The third kappa shape index (κ3) is 4.71. The molecule has 0 aliphatic carbocycles. The van der Waals surface area contributed by atoms with Gasteiger partial charge in [0.2, 0.25) is 0 Å². The average Bonchev–Trinajstić information content (AvgIpc) is 2.68. The van der Waals surface area contributed by atoms with E-state index in [1.54, 1.807) is 12.4 Å². The molecule has 1 fully saturated rings. The van der Waals surface area contributed by atoms with Crippen LogP contribution in [0.15, 0.2) is 42.7 Å². The number of anilines is 2. The molecule has 0 saturated carbocycles. The van der Waals surface area contributed by atoms with E-state index in [1.807, 2.05) is 35.2 Å². The first-order chi connectivity index (χ1) is 12.6. The zero-order valence-corrected chi connectivity index (χ0v) is 15.6. The maximum absolute atomic E-state index is 12.8. The Labute approximate surface area is 155 Å². The number of carbonyl (C=O) groups is 1. The molecule has 6 nitrogen and oxygen atoms in total. The van der Waals surface area contributed by atoms with Crippen molar-refractivity contribution < 1.29 is 4.79 Å². The summed E-state index contributed by atoms with van der Waals surface area (Å²) in [4.78, 5) is 25.5. The fourth-order valence-corrected chi connectivity index (χ4v) is 3.00. The number of amides is 1. The van der Waals surface area contributed by atoms with Gasteiger partial charge in [-0.25, -0.2) is 4.98 Å². The van der Waals surface area contributed by atoms with E-state index in [4.69, 9.17) is 0 Å². The summed E-state index contributed by atoms with van der Waals surface area (Å²) >= 11 is 0. The Kier molecular flexibility index (Phi) is 6.04. The first kappa shape index (κ1) is 18.2. The normalized spacial score (nSPS) is 14.6. The first-order valence-corrected chi connectivity index (χ1v) is 9.28. The van der Waals surface area contributed by atoms with Gasteiger partial charge in [0.05, 0.1) is 0 Å². The van der Waals surface area contributed by atoms with Crippen molar-refractivity contribution in [1.29, 1.82) is 0 Å². The second-order valence-corrected chi connectivity index (χ2v) is 7.01. The van der Waals surface area contributed by atoms with E-state index in [9.17, 15) is 4.79 Å². The van der Waals surface area contributed by atoms with Crippen molar-refractivity contribution in [3.05, 3.63) is 48.4 Å². The SMILES string of the molecule is CC(C)CCNc1ccnc(C(=O)N2CCN(c3ccccn3)CC2)c1. The number of carbonyl (C=O) groups excluding carboxylic acids is 1. The minimum absolute atomic E-state index is 0.00168. The monoisotopic (exact) mass is 353 g/mol. The average molecular weight is 353 g/mol. The van der Waals surface area contributed by atoms with Gasteiger partial charge < -0.3 is 15.1 Å². The zero-order chi connectivity index (χ0) is 18.4. The molecule has 1 aliphatic rings. The number of hydrogen-bond acceptors (Lipinski definition) is 5. The lowest BCUT2D eigenvalue weighted by atomic mass is 10.1. The topological polar surface area (TPSA) is 61.4 Å². The highest BCUT2D eigenvalue weighted by Crippen LogP contribution is 2.15. The third-order valence-electron chi connectivity index (χ3n) is 4.57. The van der Waals surface area contributed by atoms with Crippen molar-refractivity contribution in [3.8, 4) is 0 Å². The number of rotatable bonds is 6. The van der Waals surface area contributed by atoms with Crippen molar-refractivity contribution >= 4 is 17.4 Å². The molecule has 0 radical (unpaired) electrons. The predicted octanol–water partition coefficient (Wildman–Crippen LogP) is 2.90. The van der Waals surface area contributed by atoms with Gasteiger partial charge in [-0.2, -0.15) is 0 Å². The highest BCUT2D eigenvalue weighted by atomic mass is 16.2. The summed E-state index contributed by atoms with van der Waals surface area (Å²) < 4.78 is 0. The number of nitrogens with one attached hydrogen (secondary N) is 1. The lowest BCUT2D eigenvalue weighted by Crippen LogP contribution is -2.49. The van der Waals surface area contributed by atoms with E-state index in [2.05, 4.69) is 34.0 Å². The fourth-order valence-electron chi connectivity index (χ4n) is 3.00. The van der Waals surface area contributed by atoms with Gasteiger partial charge in [-0.15, -0.1) is 0 Å². The quantitative estimate of drug-likeness (QED) is 0.865. The molecule has 2 aromatic heterocycles. The molecule has 26 heavy (non-hydrogen) atoms. The van der Waals surface area contributed by atoms with Gasteiger partial charge in [-0.1, -0.05) is 19.9 Å². The molecule has 2 aromatic rings. The minimum Gasteiger partial charge on any atom is -0.385 e. The van der Waals surface area contributed by atoms with E-state index in [-0.39, 0.29) is 5.91 Å². The van der Waals surface area contributed by atoms with Crippen LogP contribution in [0, 0.1) is 5.92 Å². The zero-order valence-electron chi connectivity index (χ0n) is 15.6. The van der Waals surface area contributed by atoms with Crippen molar-refractivity contribution in [2.45, 2.75) is 20.3 Å². The Hall–Kier alpha value is -2.63. The Balaban J connectivity index is 1.56. The summed E-state index contributed by atoms with van der Waals surface area (Å²) in [5.41, 5.74) is 1.46. The van der Waals surface area contributed by atoms with Gasteiger partial charge >= 0.3 is 0 Å². The summed E-state index contributed by atoms with van der Waals surface area (Å²) in [7, 11) is 0. The van der Waals surface area contributed by atoms with Crippen LogP contribution in [0.1, 0.15) is 30.8 Å².